The molecule has 9 heteroatoms. The largest absolute Gasteiger partial charge is 0.356 e. The van der Waals surface area contributed by atoms with Crippen LogP contribution in [-0.4, -0.2) is 58.0 Å². The lowest BCUT2D eigenvalue weighted by molar-refractivity contribution is -0.121. The monoisotopic (exact) mass is 570 g/mol. The van der Waals surface area contributed by atoms with Crippen molar-refractivity contribution in [3.63, 3.8) is 0 Å². The lowest BCUT2D eigenvalue weighted by atomic mass is 9.91. The average Bonchev–Trinajstić information content (AvgIpc) is 3.12. The number of aliphatic imine (C=N–C) groups is 1. The molecule has 1 unspecified atom stereocenters. The first-order valence-electron chi connectivity index (χ1n) is 10.5. The van der Waals surface area contributed by atoms with Crippen molar-refractivity contribution in [2.75, 3.05) is 31.6 Å². The van der Waals surface area contributed by atoms with Crippen LogP contribution in [0.2, 0.25) is 0 Å². The van der Waals surface area contributed by atoms with E-state index in [1.165, 1.54) is 11.1 Å². The molecule has 7 nitrogen and oxygen atoms in total. The summed E-state index contributed by atoms with van der Waals surface area (Å²) in [5.41, 5.74) is 2.42. The van der Waals surface area contributed by atoms with E-state index in [2.05, 4.69) is 45.2 Å². The van der Waals surface area contributed by atoms with Gasteiger partial charge in [-0.3, -0.25) is 9.79 Å². The molecule has 32 heavy (non-hydrogen) atoms. The standard InChI is InChI=1S/C23H30N4O3S.HI/c1-24-23(25-14-12-22(28)27-20-13-15-31(29,30)17-20)26-16-21(18-8-4-2-5-9-18)19-10-6-3-7-11-19;/h2-11,20-21H,12-17H2,1H3,(H,27,28)(H2,24,25,26);1H. The molecular weight excluding hydrogens is 539 g/mol. The highest BCUT2D eigenvalue weighted by molar-refractivity contribution is 14.0. The molecule has 1 aliphatic rings. The minimum absolute atomic E-state index is 0. The van der Waals surface area contributed by atoms with Crippen LogP contribution in [0.5, 0.6) is 0 Å². The SMILES string of the molecule is CN=C(NCCC(=O)NC1CCS(=O)(=O)C1)NCC(c1ccccc1)c1ccccc1.I. The molecule has 1 atom stereocenters. The van der Waals surface area contributed by atoms with Crippen molar-refractivity contribution in [2.24, 2.45) is 4.99 Å². The second kappa shape index (κ2) is 12.8. The van der Waals surface area contributed by atoms with Crippen LogP contribution >= 0.6 is 24.0 Å². The van der Waals surface area contributed by atoms with Gasteiger partial charge in [0, 0.05) is 38.5 Å². The molecule has 174 valence electrons. The quantitative estimate of drug-likeness (QED) is 0.257. The predicted octanol–water partition coefficient (Wildman–Crippen LogP) is 2.29. The van der Waals surface area contributed by atoms with E-state index in [1.54, 1.807) is 7.05 Å². The Balaban J connectivity index is 0.00000363. The lowest BCUT2D eigenvalue weighted by Gasteiger charge is -2.20. The van der Waals surface area contributed by atoms with Gasteiger partial charge in [0.25, 0.3) is 0 Å². The highest BCUT2D eigenvalue weighted by Gasteiger charge is 2.28. The van der Waals surface area contributed by atoms with Gasteiger partial charge in [0.1, 0.15) is 0 Å². The van der Waals surface area contributed by atoms with Gasteiger partial charge < -0.3 is 16.0 Å². The molecule has 3 rings (SSSR count). The second-order valence-electron chi connectivity index (χ2n) is 7.67. The number of carbonyl (C=O) groups is 1. The second-order valence-corrected chi connectivity index (χ2v) is 9.90. The van der Waals surface area contributed by atoms with Crippen LogP contribution in [0.3, 0.4) is 0 Å². The van der Waals surface area contributed by atoms with Crippen LogP contribution in [0.1, 0.15) is 29.9 Å². The van der Waals surface area contributed by atoms with Gasteiger partial charge in [-0.15, -0.1) is 24.0 Å². The topological polar surface area (TPSA) is 99.7 Å². The molecule has 0 bridgehead atoms. The maximum absolute atomic E-state index is 12.1. The number of carbonyl (C=O) groups excluding carboxylic acids is 1. The van der Waals surface area contributed by atoms with Gasteiger partial charge in [-0.05, 0) is 17.5 Å². The lowest BCUT2D eigenvalue weighted by Crippen LogP contribution is -2.42. The molecule has 1 saturated heterocycles. The fourth-order valence-corrected chi connectivity index (χ4v) is 5.39. The number of nitrogens with one attached hydrogen (secondary N) is 3. The number of guanidine groups is 1. The third kappa shape index (κ3) is 8.09. The Morgan fingerprint density at radius 3 is 2.12 bits per heavy atom. The van der Waals surface area contributed by atoms with Gasteiger partial charge in [-0.25, -0.2) is 8.42 Å². The van der Waals surface area contributed by atoms with Crippen molar-refractivity contribution in [1.82, 2.24) is 16.0 Å². The van der Waals surface area contributed by atoms with Crippen molar-refractivity contribution < 1.29 is 13.2 Å². The van der Waals surface area contributed by atoms with Crippen LogP contribution in [0.15, 0.2) is 65.7 Å². The highest BCUT2D eigenvalue weighted by atomic mass is 127. The fraction of sp³-hybridized carbons (Fsp3) is 0.391. The summed E-state index contributed by atoms with van der Waals surface area (Å²) in [5.74, 6) is 0.810. The zero-order valence-electron chi connectivity index (χ0n) is 18.2. The van der Waals surface area contributed by atoms with E-state index in [9.17, 15) is 13.2 Å². The third-order valence-electron chi connectivity index (χ3n) is 5.34. The summed E-state index contributed by atoms with van der Waals surface area (Å²) in [6, 6.07) is 20.3. The van der Waals surface area contributed by atoms with Crippen LogP contribution in [0.25, 0.3) is 0 Å². The Hall–Kier alpha value is -2.14. The first-order valence-corrected chi connectivity index (χ1v) is 12.3. The Morgan fingerprint density at radius 2 is 1.62 bits per heavy atom. The van der Waals surface area contributed by atoms with Crippen LogP contribution in [0, 0.1) is 0 Å². The summed E-state index contributed by atoms with van der Waals surface area (Å²) >= 11 is 0. The van der Waals surface area contributed by atoms with E-state index in [4.69, 9.17) is 0 Å². The van der Waals surface area contributed by atoms with E-state index in [0.29, 0.717) is 25.5 Å². The smallest absolute Gasteiger partial charge is 0.222 e. The maximum atomic E-state index is 12.1. The number of nitrogens with zero attached hydrogens (tertiary/aromatic N) is 1. The van der Waals surface area contributed by atoms with Gasteiger partial charge in [-0.1, -0.05) is 60.7 Å². The summed E-state index contributed by atoms with van der Waals surface area (Å²) in [6.45, 7) is 1.06. The van der Waals surface area contributed by atoms with Gasteiger partial charge in [-0.2, -0.15) is 0 Å². The Morgan fingerprint density at radius 1 is 1.03 bits per heavy atom. The molecule has 1 aliphatic heterocycles. The summed E-state index contributed by atoms with van der Waals surface area (Å²) in [4.78, 5) is 16.4. The van der Waals surface area contributed by atoms with Crippen LogP contribution < -0.4 is 16.0 Å². The van der Waals surface area contributed by atoms with Crippen molar-refractivity contribution in [3.05, 3.63) is 71.8 Å². The van der Waals surface area contributed by atoms with Gasteiger partial charge >= 0.3 is 0 Å². The number of sulfone groups is 1. The average molecular weight is 570 g/mol. The molecule has 0 saturated carbocycles. The minimum Gasteiger partial charge on any atom is -0.356 e. The molecule has 0 radical (unpaired) electrons. The van der Waals surface area contributed by atoms with Crippen molar-refractivity contribution >= 4 is 45.7 Å². The highest BCUT2D eigenvalue weighted by Crippen LogP contribution is 2.23. The molecule has 1 amide bonds. The number of benzene rings is 2. The first-order chi connectivity index (χ1) is 15.0. The zero-order chi connectivity index (χ0) is 22.1. The molecule has 3 N–H and O–H groups in total. The van der Waals surface area contributed by atoms with Crippen molar-refractivity contribution in [3.8, 4) is 0 Å². The number of amides is 1. The van der Waals surface area contributed by atoms with E-state index in [1.807, 2.05) is 36.4 Å². The van der Waals surface area contributed by atoms with E-state index in [0.717, 1.165) is 0 Å². The third-order valence-corrected chi connectivity index (χ3v) is 7.11. The fourth-order valence-electron chi connectivity index (χ4n) is 3.72. The molecule has 0 aromatic heterocycles. The molecule has 2 aromatic rings. The van der Waals surface area contributed by atoms with E-state index in [-0.39, 0.29) is 59.8 Å². The predicted molar refractivity (Wildman–Crippen MR) is 139 cm³/mol. The normalized spacial score (nSPS) is 17.4. The summed E-state index contributed by atoms with van der Waals surface area (Å²) in [7, 11) is -1.31. The number of rotatable bonds is 8. The molecule has 0 spiro atoms. The summed E-state index contributed by atoms with van der Waals surface area (Å²) in [5, 5.41) is 9.31. The van der Waals surface area contributed by atoms with Crippen molar-refractivity contribution in [1.29, 1.82) is 0 Å². The Labute approximate surface area is 207 Å². The zero-order valence-corrected chi connectivity index (χ0v) is 21.3. The van der Waals surface area contributed by atoms with Gasteiger partial charge in [0.2, 0.25) is 5.91 Å². The number of hydrogen-bond acceptors (Lipinski definition) is 4. The Kier molecular flexibility index (Phi) is 10.4. The molecule has 1 heterocycles. The number of hydrogen-bond donors (Lipinski definition) is 3. The molecule has 2 aromatic carbocycles. The van der Waals surface area contributed by atoms with Gasteiger partial charge in [0.15, 0.2) is 15.8 Å². The summed E-state index contributed by atoms with van der Waals surface area (Å²) in [6.07, 6.45) is 0.739. The van der Waals surface area contributed by atoms with E-state index >= 15 is 0 Å². The van der Waals surface area contributed by atoms with E-state index < -0.39 is 9.84 Å². The van der Waals surface area contributed by atoms with Gasteiger partial charge in [0.05, 0.1) is 11.5 Å². The molecule has 1 fully saturated rings. The summed E-state index contributed by atoms with van der Waals surface area (Å²) < 4.78 is 23.0. The Bertz CT molecular complexity index is 945. The van der Waals surface area contributed by atoms with Crippen LogP contribution in [-0.2, 0) is 14.6 Å². The molecule has 0 aliphatic carbocycles. The number of halogens is 1. The first kappa shape index (κ1) is 26.1. The maximum Gasteiger partial charge on any atom is 0.222 e. The van der Waals surface area contributed by atoms with Crippen molar-refractivity contribution in [2.45, 2.75) is 24.8 Å². The molecular formula is C23H31IN4O3S. The van der Waals surface area contributed by atoms with Crippen LogP contribution in [0.4, 0.5) is 0 Å². The minimum atomic E-state index is -3.00.